The topological polar surface area (TPSA) is 113 Å². The monoisotopic (exact) mass is 591 g/mol. The molecule has 12 heteroatoms. The molecule has 3 aromatic carbocycles. The van der Waals surface area contributed by atoms with Crippen molar-refractivity contribution >= 4 is 48.9 Å². The molecule has 1 amide bonds. The number of rotatable bonds is 12. The highest BCUT2D eigenvalue weighted by Gasteiger charge is 2.26. The van der Waals surface area contributed by atoms with E-state index in [2.05, 4.69) is 11.9 Å². The van der Waals surface area contributed by atoms with Crippen LogP contribution in [-0.2, 0) is 20.0 Å². The molecule has 0 radical (unpaired) electrons. The summed E-state index contributed by atoms with van der Waals surface area (Å²) < 4.78 is 60.2. The molecule has 1 N–H and O–H groups in total. The van der Waals surface area contributed by atoms with Crippen LogP contribution in [0.25, 0.3) is 0 Å². The molecule has 0 fully saturated rings. The zero-order chi connectivity index (χ0) is 28.8. The van der Waals surface area contributed by atoms with Crippen LogP contribution in [-0.4, -0.2) is 53.8 Å². The van der Waals surface area contributed by atoms with Gasteiger partial charge in [-0.3, -0.25) is 9.10 Å². The first-order chi connectivity index (χ1) is 18.5. The summed E-state index contributed by atoms with van der Waals surface area (Å²) in [6.45, 7) is 7.81. The molecule has 0 aliphatic rings. The lowest BCUT2D eigenvalue weighted by molar-refractivity contribution is 0.102. The summed E-state index contributed by atoms with van der Waals surface area (Å²) in [6.07, 6.45) is 1.45. The largest absolute Gasteiger partial charge is 0.497 e. The second-order valence-electron chi connectivity index (χ2n) is 8.23. The number of benzene rings is 3. The van der Waals surface area contributed by atoms with E-state index < -0.39 is 26.0 Å². The smallest absolute Gasteiger partial charge is 0.264 e. The SMILES string of the molecule is C=CCN(c1ccc(OC)cc1)S(=O)(=O)c1ccc(Cl)c(C(=O)Nc2ccc(S(=O)(=O)N(CC)CC)cc2)c1. The molecular weight excluding hydrogens is 562 g/mol. The van der Waals surface area contributed by atoms with Gasteiger partial charge >= 0.3 is 0 Å². The van der Waals surface area contributed by atoms with E-state index in [0.29, 0.717) is 30.2 Å². The van der Waals surface area contributed by atoms with Crippen molar-refractivity contribution in [1.82, 2.24) is 4.31 Å². The fourth-order valence-electron chi connectivity index (χ4n) is 3.80. The summed E-state index contributed by atoms with van der Waals surface area (Å²) in [5, 5.41) is 2.69. The van der Waals surface area contributed by atoms with Gasteiger partial charge in [-0.15, -0.1) is 6.58 Å². The molecule has 39 heavy (non-hydrogen) atoms. The Hall–Kier alpha value is -3.38. The molecule has 0 atom stereocenters. The quantitative estimate of drug-likeness (QED) is 0.296. The lowest BCUT2D eigenvalue weighted by Gasteiger charge is -2.23. The Balaban J connectivity index is 1.89. The van der Waals surface area contributed by atoms with Crippen LogP contribution in [0, 0.1) is 0 Å². The summed E-state index contributed by atoms with van der Waals surface area (Å²) in [5.74, 6) is -0.0880. The summed E-state index contributed by atoms with van der Waals surface area (Å²) in [7, 11) is -6.25. The maximum atomic E-state index is 13.6. The lowest BCUT2D eigenvalue weighted by atomic mass is 10.2. The van der Waals surface area contributed by atoms with E-state index >= 15 is 0 Å². The fourth-order valence-corrected chi connectivity index (χ4v) is 6.92. The van der Waals surface area contributed by atoms with Crippen LogP contribution in [0.2, 0.25) is 5.02 Å². The molecule has 0 bridgehead atoms. The molecule has 0 aromatic heterocycles. The second kappa shape index (κ2) is 12.6. The number of methoxy groups -OCH3 is 1. The molecule has 0 unspecified atom stereocenters. The molecule has 0 spiro atoms. The summed E-state index contributed by atoms with van der Waals surface area (Å²) in [5.41, 5.74) is 0.636. The molecule has 9 nitrogen and oxygen atoms in total. The van der Waals surface area contributed by atoms with Gasteiger partial charge in [0.2, 0.25) is 10.0 Å². The van der Waals surface area contributed by atoms with E-state index in [-0.39, 0.29) is 26.9 Å². The van der Waals surface area contributed by atoms with Gasteiger partial charge in [0.05, 0.1) is 39.7 Å². The van der Waals surface area contributed by atoms with Gasteiger partial charge in [0.15, 0.2) is 0 Å². The number of carbonyl (C=O) groups is 1. The predicted octanol–water partition coefficient (Wildman–Crippen LogP) is 5.01. The van der Waals surface area contributed by atoms with E-state index in [0.717, 1.165) is 4.31 Å². The maximum absolute atomic E-state index is 13.6. The van der Waals surface area contributed by atoms with Gasteiger partial charge in [-0.25, -0.2) is 16.8 Å². The third-order valence-electron chi connectivity index (χ3n) is 5.88. The van der Waals surface area contributed by atoms with Crippen molar-refractivity contribution in [3.8, 4) is 5.75 Å². The number of carbonyl (C=O) groups excluding carboxylic acids is 1. The van der Waals surface area contributed by atoms with Gasteiger partial charge in [0.1, 0.15) is 5.75 Å². The number of sulfonamides is 2. The first kappa shape index (κ1) is 30.2. The summed E-state index contributed by atoms with van der Waals surface area (Å²) in [4.78, 5) is 13.0. The van der Waals surface area contributed by atoms with E-state index in [4.69, 9.17) is 16.3 Å². The number of halogens is 1. The summed E-state index contributed by atoms with van der Waals surface area (Å²) >= 11 is 6.27. The molecule has 3 aromatic rings. The highest BCUT2D eigenvalue weighted by molar-refractivity contribution is 7.92. The van der Waals surface area contributed by atoms with Crippen molar-refractivity contribution in [2.75, 3.05) is 36.4 Å². The van der Waals surface area contributed by atoms with Crippen LogP contribution in [0.5, 0.6) is 5.75 Å². The highest BCUT2D eigenvalue weighted by atomic mass is 35.5. The van der Waals surface area contributed by atoms with Crippen molar-refractivity contribution in [2.24, 2.45) is 0 Å². The van der Waals surface area contributed by atoms with E-state index in [1.165, 1.54) is 60.0 Å². The van der Waals surface area contributed by atoms with Gasteiger partial charge in [0, 0.05) is 18.8 Å². The van der Waals surface area contributed by atoms with Crippen LogP contribution in [0.4, 0.5) is 11.4 Å². The van der Waals surface area contributed by atoms with Crippen molar-refractivity contribution in [3.05, 3.63) is 90.0 Å². The van der Waals surface area contributed by atoms with Crippen LogP contribution in [0.15, 0.2) is 89.2 Å². The second-order valence-corrected chi connectivity index (χ2v) is 12.4. The zero-order valence-electron chi connectivity index (χ0n) is 21.8. The van der Waals surface area contributed by atoms with E-state index in [9.17, 15) is 21.6 Å². The molecule has 0 saturated heterocycles. The van der Waals surface area contributed by atoms with Gasteiger partial charge in [-0.05, 0) is 66.7 Å². The van der Waals surface area contributed by atoms with E-state index in [1.54, 1.807) is 38.1 Å². The minimum Gasteiger partial charge on any atom is -0.497 e. The molecule has 0 aliphatic heterocycles. The number of ether oxygens (including phenoxy) is 1. The van der Waals surface area contributed by atoms with Crippen molar-refractivity contribution in [1.29, 1.82) is 0 Å². The number of hydrogen-bond donors (Lipinski definition) is 1. The average Bonchev–Trinajstić information content (AvgIpc) is 2.92. The molecule has 0 aliphatic carbocycles. The van der Waals surface area contributed by atoms with Crippen molar-refractivity contribution in [2.45, 2.75) is 23.6 Å². The Bertz CT molecular complexity index is 1540. The lowest BCUT2D eigenvalue weighted by Crippen LogP contribution is -2.31. The number of anilines is 2. The van der Waals surface area contributed by atoms with Crippen molar-refractivity contribution < 1.29 is 26.4 Å². The van der Waals surface area contributed by atoms with E-state index in [1.807, 2.05) is 0 Å². The minimum atomic E-state index is -4.11. The van der Waals surface area contributed by atoms with Gasteiger partial charge < -0.3 is 10.1 Å². The fraction of sp³-hybridized carbons (Fsp3) is 0.222. The third-order valence-corrected chi connectivity index (χ3v) is 10.1. The van der Waals surface area contributed by atoms with Crippen molar-refractivity contribution in [3.63, 3.8) is 0 Å². The van der Waals surface area contributed by atoms with Gasteiger partial charge in [-0.1, -0.05) is 31.5 Å². The average molecular weight is 592 g/mol. The van der Waals surface area contributed by atoms with Crippen LogP contribution >= 0.6 is 11.6 Å². The number of nitrogens with one attached hydrogen (secondary N) is 1. The Morgan fingerprint density at radius 2 is 1.51 bits per heavy atom. The van der Waals surface area contributed by atoms with Gasteiger partial charge in [0.25, 0.3) is 15.9 Å². The summed E-state index contributed by atoms with van der Waals surface area (Å²) in [6, 6.07) is 16.1. The van der Waals surface area contributed by atoms with Crippen LogP contribution in [0.3, 0.4) is 0 Å². The molecular formula is C27H30ClN3O6S2. The van der Waals surface area contributed by atoms with Gasteiger partial charge in [-0.2, -0.15) is 4.31 Å². The third kappa shape index (κ3) is 6.62. The molecule has 3 rings (SSSR count). The standard InChI is InChI=1S/C27H30ClN3O6S2/c1-5-18-31(21-10-12-22(37-4)13-11-21)39(35,36)24-16-17-26(28)25(19-24)27(32)29-20-8-14-23(15-9-20)38(33,34)30(6-2)7-3/h5,8-17,19H,1,6-7,18H2,2-4H3,(H,29,32). The Kier molecular flexibility index (Phi) is 9.78. The number of hydrogen-bond acceptors (Lipinski definition) is 6. The first-order valence-corrected chi connectivity index (χ1v) is 15.2. The van der Waals surface area contributed by atoms with Crippen LogP contribution < -0.4 is 14.4 Å². The molecule has 0 saturated carbocycles. The normalized spacial score (nSPS) is 11.7. The minimum absolute atomic E-state index is 0.0123. The Labute approximate surface area is 234 Å². The maximum Gasteiger partial charge on any atom is 0.264 e. The predicted molar refractivity (Wildman–Crippen MR) is 154 cm³/mol. The highest BCUT2D eigenvalue weighted by Crippen LogP contribution is 2.29. The Morgan fingerprint density at radius 3 is 2.05 bits per heavy atom. The van der Waals surface area contributed by atoms with Crippen LogP contribution in [0.1, 0.15) is 24.2 Å². The first-order valence-electron chi connectivity index (χ1n) is 12.0. The zero-order valence-corrected chi connectivity index (χ0v) is 24.2. The number of nitrogens with zero attached hydrogens (tertiary/aromatic N) is 2. The molecule has 208 valence electrons. The Morgan fingerprint density at radius 1 is 0.923 bits per heavy atom. The number of amides is 1. The molecule has 0 heterocycles.